The number of ether oxygens (including phenoxy) is 1. The van der Waals surface area contributed by atoms with Crippen molar-refractivity contribution in [2.75, 3.05) is 26.2 Å². The van der Waals surface area contributed by atoms with E-state index in [1.54, 1.807) is 0 Å². The molecule has 0 aromatic heterocycles. The van der Waals surface area contributed by atoms with E-state index in [4.69, 9.17) is 4.74 Å². The molecule has 2 aliphatic rings. The molecular formula is C18H34N2O2. The molecule has 1 saturated heterocycles. The fraction of sp³-hybridized carbons (Fsp3) is 0.944. The first kappa shape index (κ1) is 17.7. The molecule has 1 aliphatic carbocycles. The SMILES string of the molecule is CC(C)NC(=O)CN1CCC2(CCC(COC(C)C)C2)CC1. The number of carbonyl (C=O) groups is 1. The van der Waals surface area contributed by atoms with Gasteiger partial charge in [-0.2, -0.15) is 0 Å². The molecule has 0 bridgehead atoms. The highest BCUT2D eigenvalue weighted by Crippen LogP contribution is 2.48. The largest absolute Gasteiger partial charge is 0.379 e. The van der Waals surface area contributed by atoms with Crippen LogP contribution in [0.25, 0.3) is 0 Å². The van der Waals surface area contributed by atoms with Crippen molar-refractivity contribution in [3.63, 3.8) is 0 Å². The van der Waals surface area contributed by atoms with Gasteiger partial charge in [-0.15, -0.1) is 0 Å². The summed E-state index contributed by atoms with van der Waals surface area (Å²) in [7, 11) is 0. The van der Waals surface area contributed by atoms with E-state index in [0.29, 0.717) is 18.1 Å². The number of nitrogens with zero attached hydrogens (tertiary/aromatic N) is 1. The van der Waals surface area contributed by atoms with Gasteiger partial charge < -0.3 is 10.1 Å². The van der Waals surface area contributed by atoms with Gasteiger partial charge in [-0.1, -0.05) is 0 Å². The van der Waals surface area contributed by atoms with Crippen LogP contribution in [0.4, 0.5) is 0 Å². The molecule has 1 amide bonds. The highest BCUT2D eigenvalue weighted by molar-refractivity contribution is 5.78. The maximum Gasteiger partial charge on any atom is 0.234 e. The molecule has 128 valence electrons. The average molecular weight is 310 g/mol. The molecule has 1 aliphatic heterocycles. The van der Waals surface area contributed by atoms with Gasteiger partial charge in [0.15, 0.2) is 0 Å². The predicted molar refractivity (Wildman–Crippen MR) is 89.8 cm³/mol. The van der Waals surface area contributed by atoms with Crippen LogP contribution in [0.15, 0.2) is 0 Å². The van der Waals surface area contributed by atoms with Crippen LogP contribution in [0.2, 0.25) is 0 Å². The molecule has 4 nitrogen and oxygen atoms in total. The minimum atomic E-state index is 0.167. The number of rotatable bonds is 6. The number of hydrogen-bond donors (Lipinski definition) is 1. The third-order valence-electron chi connectivity index (χ3n) is 5.20. The van der Waals surface area contributed by atoms with Crippen LogP contribution in [-0.4, -0.2) is 49.2 Å². The fourth-order valence-electron chi connectivity index (χ4n) is 4.01. The summed E-state index contributed by atoms with van der Waals surface area (Å²) in [5, 5.41) is 2.99. The number of likely N-dealkylation sites (tertiary alicyclic amines) is 1. The van der Waals surface area contributed by atoms with Crippen molar-refractivity contribution in [3.05, 3.63) is 0 Å². The lowest BCUT2D eigenvalue weighted by Crippen LogP contribution is -2.45. The van der Waals surface area contributed by atoms with Crippen LogP contribution in [-0.2, 0) is 9.53 Å². The molecule has 1 N–H and O–H groups in total. The van der Waals surface area contributed by atoms with Crippen molar-refractivity contribution >= 4 is 5.91 Å². The number of hydrogen-bond acceptors (Lipinski definition) is 3. The Morgan fingerprint density at radius 1 is 1.23 bits per heavy atom. The number of amides is 1. The highest BCUT2D eigenvalue weighted by Gasteiger charge is 2.41. The molecule has 2 rings (SSSR count). The van der Waals surface area contributed by atoms with E-state index in [1.165, 1.54) is 32.1 Å². The van der Waals surface area contributed by atoms with Crippen LogP contribution in [0.5, 0.6) is 0 Å². The minimum Gasteiger partial charge on any atom is -0.379 e. The van der Waals surface area contributed by atoms with Crippen LogP contribution in [0, 0.1) is 11.3 Å². The Morgan fingerprint density at radius 3 is 2.50 bits per heavy atom. The van der Waals surface area contributed by atoms with Crippen LogP contribution in [0.1, 0.15) is 59.8 Å². The summed E-state index contributed by atoms with van der Waals surface area (Å²) in [4.78, 5) is 14.2. The van der Waals surface area contributed by atoms with Crippen LogP contribution >= 0.6 is 0 Å². The van der Waals surface area contributed by atoms with Crippen molar-refractivity contribution in [2.24, 2.45) is 11.3 Å². The summed E-state index contributed by atoms with van der Waals surface area (Å²) in [5.74, 6) is 0.916. The normalized spacial score (nSPS) is 25.3. The summed E-state index contributed by atoms with van der Waals surface area (Å²) in [5.41, 5.74) is 0.538. The minimum absolute atomic E-state index is 0.167. The van der Waals surface area contributed by atoms with Gasteiger partial charge in [-0.3, -0.25) is 9.69 Å². The van der Waals surface area contributed by atoms with E-state index in [2.05, 4.69) is 24.1 Å². The third kappa shape index (κ3) is 5.24. The maximum absolute atomic E-state index is 11.9. The van der Waals surface area contributed by atoms with Gasteiger partial charge in [0, 0.05) is 12.6 Å². The highest BCUT2D eigenvalue weighted by atomic mass is 16.5. The van der Waals surface area contributed by atoms with E-state index in [9.17, 15) is 4.79 Å². The summed E-state index contributed by atoms with van der Waals surface area (Å²) < 4.78 is 5.81. The van der Waals surface area contributed by atoms with E-state index in [0.717, 1.165) is 25.6 Å². The Morgan fingerprint density at radius 2 is 1.91 bits per heavy atom. The molecular weight excluding hydrogens is 276 g/mol. The zero-order chi connectivity index (χ0) is 16.2. The maximum atomic E-state index is 11.9. The first-order chi connectivity index (χ1) is 10.4. The number of nitrogens with one attached hydrogen (secondary N) is 1. The second kappa shape index (κ2) is 7.78. The molecule has 22 heavy (non-hydrogen) atoms. The molecule has 0 aromatic rings. The molecule has 4 heteroatoms. The molecule has 1 unspecified atom stereocenters. The van der Waals surface area contributed by atoms with Crippen molar-refractivity contribution < 1.29 is 9.53 Å². The van der Waals surface area contributed by atoms with Gasteiger partial charge in [0.2, 0.25) is 5.91 Å². The van der Waals surface area contributed by atoms with Crippen molar-refractivity contribution in [2.45, 2.75) is 71.9 Å². The monoisotopic (exact) mass is 310 g/mol. The Bertz CT molecular complexity index is 360. The summed E-state index contributed by atoms with van der Waals surface area (Å²) in [6.07, 6.45) is 6.84. The van der Waals surface area contributed by atoms with E-state index >= 15 is 0 Å². The van der Waals surface area contributed by atoms with Gasteiger partial charge in [0.25, 0.3) is 0 Å². The molecule has 2 fully saturated rings. The zero-order valence-electron chi connectivity index (χ0n) is 14.9. The smallest absolute Gasteiger partial charge is 0.234 e. The second-order valence-electron chi connectivity index (χ2n) is 7.99. The number of carbonyl (C=O) groups excluding carboxylic acids is 1. The van der Waals surface area contributed by atoms with E-state index in [1.807, 2.05) is 13.8 Å². The van der Waals surface area contributed by atoms with Crippen molar-refractivity contribution in [1.82, 2.24) is 10.2 Å². The Hall–Kier alpha value is -0.610. The average Bonchev–Trinajstić information content (AvgIpc) is 2.82. The lowest BCUT2D eigenvalue weighted by atomic mass is 9.76. The van der Waals surface area contributed by atoms with Crippen molar-refractivity contribution in [1.29, 1.82) is 0 Å². The van der Waals surface area contributed by atoms with Gasteiger partial charge in [0.05, 0.1) is 12.6 Å². The Kier molecular flexibility index (Phi) is 6.27. The standard InChI is InChI=1S/C18H34N2O2/c1-14(2)19-17(21)12-20-9-7-18(8-10-20)6-5-16(11-18)13-22-15(3)4/h14-16H,5-13H2,1-4H3,(H,19,21). The molecule has 0 aromatic carbocycles. The van der Waals surface area contributed by atoms with E-state index in [-0.39, 0.29) is 11.9 Å². The third-order valence-corrected chi connectivity index (χ3v) is 5.20. The van der Waals surface area contributed by atoms with Crippen LogP contribution in [0.3, 0.4) is 0 Å². The molecule has 1 spiro atoms. The van der Waals surface area contributed by atoms with Gasteiger partial charge in [-0.25, -0.2) is 0 Å². The first-order valence-corrected chi connectivity index (χ1v) is 9.02. The molecule has 1 saturated carbocycles. The summed E-state index contributed by atoms with van der Waals surface area (Å²) in [6, 6.07) is 0.236. The quantitative estimate of drug-likeness (QED) is 0.820. The topological polar surface area (TPSA) is 41.6 Å². The number of piperidine rings is 1. The van der Waals surface area contributed by atoms with Gasteiger partial charge in [-0.05, 0) is 84.2 Å². The molecule has 1 atom stereocenters. The predicted octanol–water partition coefficient (Wildman–Crippen LogP) is 2.82. The molecule has 0 radical (unpaired) electrons. The Labute approximate surface area is 136 Å². The second-order valence-corrected chi connectivity index (χ2v) is 7.99. The van der Waals surface area contributed by atoms with Gasteiger partial charge >= 0.3 is 0 Å². The lowest BCUT2D eigenvalue weighted by molar-refractivity contribution is -0.123. The fourth-order valence-corrected chi connectivity index (χ4v) is 4.01. The Balaban J connectivity index is 1.72. The van der Waals surface area contributed by atoms with Crippen molar-refractivity contribution in [3.8, 4) is 0 Å². The molecule has 1 heterocycles. The first-order valence-electron chi connectivity index (χ1n) is 9.02. The summed E-state index contributed by atoms with van der Waals surface area (Å²) in [6.45, 7) is 11.9. The van der Waals surface area contributed by atoms with Crippen LogP contribution < -0.4 is 5.32 Å². The lowest BCUT2D eigenvalue weighted by Gasteiger charge is -2.39. The zero-order valence-corrected chi connectivity index (χ0v) is 14.9. The van der Waals surface area contributed by atoms with Gasteiger partial charge in [0.1, 0.15) is 0 Å². The summed E-state index contributed by atoms with van der Waals surface area (Å²) >= 11 is 0. The van der Waals surface area contributed by atoms with E-state index < -0.39 is 0 Å².